The molecular weight excluding hydrogens is 298 g/mol. The van der Waals surface area contributed by atoms with Crippen molar-refractivity contribution in [3.05, 3.63) is 65.9 Å². The molecule has 0 fully saturated rings. The molecule has 124 valence electrons. The van der Waals surface area contributed by atoms with Crippen LogP contribution in [0.4, 0.5) is 0 Å². The number of benzene rings is 2. The van der Waals surface area contributed by atoms with Crippen LogP contribution in [0.25, 0.3) is 10.8 Å². The summed E-state index contributed by atoms with van der Waals surface area (Å²) in [7, 11) is 4.29. The van der Waals surface area contributed by atoms with Gasteiger partial charge < -0.3 is 9.64 Å². The van der Waals surface area contributed by atoms with Crippen molar-refractivity contribution in [1.82, 2.24) is 10.2 Å². The molecule has 0 amide bonds. The topological polar surface area (TPSA) is 39.5 Å². The maximum absolute atomic E-state index is 5.89. The molecule has 0 saturated carbocycles. The fraction of sp³-hybridized carbons (Fsp3) is 0.300. The Kier molecular flexibility index (Phi) is 5.39. The summed E-state index contributed by atoms with van der Waals surface area (Å²) in [6.45, 7) is 1.75. The molecule has 4 nitrogen and oxygen atoms in total. The van der Waals surface area contributed by atoms with E-state index in [1.807, 2.05) is 18.2 Å². The second-order valence-corrected chi connectivity index (χ2v) is 6.32. The predicted molar refractivity (Wildman–Crippen MR) is 96.6 cm³/mol. The molecule has 0 spiro atoms. The highest BCUT2D eigenvalue weighted by Gasteiger charge is 2.10. The first kappa shape index (κ1) is 16.4. The number of hydrogen-bond acceptors (Lipinski definition) is 3. The molecule has 0 aliphatic heterocycles. The molecule has 3 aromatic rings. The molecule has 1 aromatic heterocycles. The number of rotatable bonds is 7. The summed E-state index contributed by atoms with van der Waals surface area (Å²) in [6.07, 6.45) is 1.78. The third-order valence-electron chi connectivity index (χ3n) is 4.00. The van der Waals surface area contributed by atoms with Crippen LogP contribution < -0.4 is 9.64 Å². The van der Waals surface area contributed by atoms with Crippen LogP contribution in [0.1, 0.15) is 17.7 Å². The zero-order valence-electron chi connectivity index (χ0n) is 14.3. The minimum absolute atomic E-state index is 0.635. The smallest absolute Gasteiger partial charge is 0.241 e. The Balaban J connectivity index is 1.82. The van der Waals surface area contributed by atoms with Gasteiger partial charge >= 0.3 is 0 Å². The highest BCUT2D eigenvalue weighted by molar-refractivity contribution is 5.88. The normalized spacial score (nSPS) is 11.1. The molecule has 1 N–H and O–H groups in total. The molecule has 0 atom stereocenters. The number of fused-ring (bicyclic) bond motifs is 1. The Morgan fingerprint density at radius 2 is 1.58 bits per heavy atom. The van der Waals surface area contributed by atoms with E-state index < -0.39 is 0 Å². The summed E-state index contributed by atoms with van der Waals surface area (Å²) in [5.74, 6) is 0.635. The summed E-state index contributed by atoms with van der Waals surface area (Å²) < 4.78 is 5.89. The van der Waals surface area contributed by atoms with Crippen LogP contribution in [-0.4, -0.2) is 37.4 Å². The van der Waals surface area contributed by atoms with E-state index in [1.54, 1.807) is 0 Å². The van der Waals surface area contributed by atoms with Gasteiger partial charge in [0, 0.05) is 23.6 Å². The summed E-state index contributed by atoms with van der Waals surface area (Å²) >= 11 is 0. The van der Waals surface area contributed by atoms with E-state index in [0.717, 1.165) is 35.9 Å². The Labute approximate surface area is 143 Å². The van der Waals surface area contributed by atoms with E-state index in [0.29, 0.717) is 12.5 Å². The van der Waals surface area contributed by atoms with Gasteiger partial charge in [0.2, 0.25) is 5.88 Å². The first-order valence-corrected chi connectivity index (χ1v) is 8.44. The van der Waals surface area contributed by atoms with E-state index in [-0.39, 0.29) is 0 Å². The van der Waals surface area contributed by atoms with Crippen molar-refractivity contribution in [2.24, 2.45) is 0 Å². The molecular formula is C20H24N3O+. The van der Waals surface area contributed by atoms with Crippen LogP contribution in [-0.2, 0) is 6.42 Å². The van der Waals surface area contributed by atoms with Crippen molar-refractivity contribution >= 4 is 10.8 Å². The quantitative estimate of drug-likeness (QED) is 0.678. The van der Waals surface area contributed by atoms with E-state index in [2.05, 4.69) is 60.7 Å². The molecule has 0 radical (unpaired) electrons. The van der Waals surface area contributed by atoms with Gasteiger partial charge in [-0.25, -0.2) is 0 Å². The molecule has 0 aliphatic rings. The van der Waals surface area contributed by atoms with Gasteiger partial charge in [-0.1, -0.05) is 48.5 Å². The minimum atomic E-state index is 0.635. The molecule has 0 bridgehead atoms. The van der Waals surface area contributed by atoms with E-state index in [1.165, 1.54) is 10.5 Å². The molecule has 0 saturated heterocycles. The zero-order chi connectivity index (χ0) is 16.8. The van der Waals surface area contributed by atoms with Crippen LogP contribution >= 0.6 is 0 Å². The third kappa shape index (κ3) is 4.09. The molecule has 3 rings (SSSR count). The van der Waals surface area contributed by atoms with Gasteiger partial charge in [-0.3, -0.25) is 0 Å². The molecule has 4 heteroatoms. The van der Waals surface area contributed by atoms with E-state index in [4.69, 9.17) is 4.74 Å². The Morgan fingerprint density at radius 3 is 2.33 bits per heavy atom. The summed E-state index contributed by atoms with van der Waals surface area (Å²) in [5.41, 5.74) is 2.22. The number of ether oxygens (including phenoxy) is 1. The van der Waals surface area contributed by atoms with Crippen LogP contribution in [0.2, 0.25) is 0 Å². The largest absolute Gasteiger partial charge is 0.476 e. The summed E-state index contributed by atoms with van der Waals surface area (Å²) in [6, 6.07) is 18.6. The Hall–Kier alpha value is -2.46. The van der Waals surface area contributed by atoms with Crippen LogP contribution in [0.5, 0.6) is 5.88 Å². The highest BCUT2D eigenvalue weighted by Crippen LogP contribution is 2.26. The molecule has 2 aromatic carbocycles. The van der Waals surface area contributed by atoms with Crippen LogP contribution in [0, 0.1) is 0 Å². The lowest BCUT2D eigenvalue weighted by Crippen LogP contribution is -3.05. The zero-order valence-corrected chi connectivity index (χ0v) is 14.3. The monoisotopic (exact) mass is 322 g/mol. The lowest BCUT2D eigenvalue weighted by molar-refractivity contribution is -0.858. The van der Waals surface area contributed by atoms with E-state index in [9.17, 15) is 0 Å². The van der Waals surface area contributed by atoms with Crippen molar-refractivity contribution in [1.29, 1.82) is 0 Å². The maximum atomic E-state index is 5.89. The van der Waals surface area contributed by atoms with Crippen molar-refractivity contribution in [3.63, 3.8) is 0 Å². The number of hydrogen-bond donors (Lipinski definition) is 1. The average Bonchev–Trinajstić information content (AvgIpc) is 2.61. The SMILES string of the molecule is C[NH+](C)CCCOc1nnc(Cc2ccccc2)c2ccccc12. The number of nitrogens with zero attached hydrogens (tertiary/aromatic N) is 2. The fourth-order valence-electron chi connectivity index (χ4n) is 2.76. The molecule has 0 aliphatic carbocycles. The van der Waals surface area contributed by atoms with Gasteiger partial charge in [-0.15, -0.1) is 5.10 Å². The van der Waals surface area contributed by atoms with Gasteiger partial charge in [0.1, 0.15) is 0 Å². The predicted octanol–water partition coefficient (Wildman–Crippen LogP) is 2.13. The Bertz CT molecular complexity index is 787. The van der Waals surface area contributed by atoms with E-state index >= 15 is 0 Å². The molecule has 24 heavy (non-hydrogen) atoms. The molecule has 0 unspecified atom stereocenters. The van der Waals surface area contributed by atoms with Crippen LogP contribution in [0.3, 0.4) is 0 Å². The van der Waals surface area contributed by atoms with Gasteiger partial charge in [0.25, 0.3) is 0 Å². The lowest BCUT2D eigenvalue weighted by Gasteiger charge is -2.11. The first-order valence-electron chi connectivity index (χ1n) is 8.44. The van der Waals surface area contributed by atoms with Gasteiger partial charge in [0.05, 0.1) is 32.9 Å². The van der Waals surface area contributed by atoms with Gasteiger partial charge in [0.15, 0.2) is 0 Å². The van der Waals surface area contributed by atoms with Crippen molar-refractivity contribution < 1.29 is 9.64 Å². The number of quaternary nitrogens is 1. The standard InChI is InChI=1S/C20H23N3O/c1-23(2)13-8-14-24-20-18-12-7-6-11-17(18)19(21-22-20)15-16-9-4-3-5-10-16/h3-7,9-12H,8,13-15H2,1-2H3/p+1. The molecule has 1 heterocycles. The first-order chi connectivity index (χ1) is 11.7. The van der Waals surface area contributed by atoms with Crippen LogP contribution in [0.15, 0.2) is 54.6 Å². The summed E-state index contributed by atoms with van der Waals surface area (Å²) in [4.78, 5) is 1.42. The van der Waals surface area contributed by atoms with Crippen molar-refractivity contribution in [2.45, 2.75) is 12.8 Å². The fourth-order valence-corrected chi connectivity index (χ4v) is 2.76. The van der Waals surface area contributed by atoms with Gasteiger partial charge in [-0.05, 0) is 11.6 Å². The third-order valence-corrected chi connectivity index (χ3v) is 4.00. The van der Waals surface area contributed by atoms with Crippen molar-refractivity contribution in [2.75, 3.05) is 27.2 Å². The highest BCUT2D eigenvalue weighted by atomic mass is 16.5. The second kappa shape index (κ2) is 7.88. The average molecular weight is 322 g/mol. The Morgan fingerprint density at radius 1 is 0.875 bits per heavy atom. The maximum Gasteiger partial charge on any atom is 0.241 e. The second-order valence-electron chi connectivity index (χ2n) is 6.32. The number of nitrogens with one attached hydrogen (secondary N) is 1. The van der Waals surface area contributed by atoms with Crippen molar-refractivity contribution in [3.8, 4) is 5.88 Å². The number of aromatic nitrogens is 2. The summed E-state index contributed by atoms with van der Waals surface area (Å²) in [5, 5.41) is 10.9. The lowest BCUT2D eigenvalue weighted by atomic mass is 10.0. The minimum Gasteiger partial charge on any atom is -0.476 e. The van der Waals surface area contributed by atoms with Gasteiger partial charge in [-0.2, -0.15) is 5.10 Å².